The van der Waals surface area contributed by atoms with E-state index in [1.807, 2.05) is 0 Å². The van der Waals surface area contributed by atoms with Crippen molar-refractivity contribution >= 4 is 21.6 Å². The van der Waals surface area contributed by atoms with Crippen LogP contribution in [-0.2, 0) is 0 Å². The maximum atomic E-state index is 3.58. The topological polar surface area (TPSA) is 3.24 Å². The Hall–Kier alpha value is -0.500. The van der Waals surface area contributed by atoms with E-state index < -0.39 is 0 Å². The first-order valence-electron chi connectivity index (χ1n) is 6.26. The molecule has 1 aliphatic heterocycles. The normalized spacial score (nSPS) is 17.8. The van der Waals surface area contributed by atoms with Crippen LogP contribution in [0.15, 0.2) is 22.7 Å². The summed E-state index contributed by atoms with van der Waals surface area (Å²) in [6.45, 7) is 7.04. The van der Waals surface area contributed by atoms with Crippen LogP contribution in [0.4, 0.5) is 5.69 Å². The predicted octanol–water partition coefficient (Wildman–Crippen LogP) is 4.56. The molecule has 16 heavy (non-hydrogen) atoms. The van der Waals surface area contributed by atoms with Gasteiger partial charge in [0, 0.05) is 23.2 Å². The van der Waals surface area contributed by atoms with Gasteiger partial charge in [0.05, 0.1) is 0 Å². The van der Waals surface area contributed by atoms with Crippen molar-refractivity contribution in [2.24, 2.45) is 0 Å². The van der Waals surface area contributed by atoms with E-state index >= 15 is 0 Å². The van der Waals surface area contributed by atoms with Gasteiger partial charge < -0.3 is 4.90 Å². The van der Waals surface area contributed by atoms with Crippen molar-refractivity contribution in [1.29, 1.82) is 0 Å². The van der Waals surface area contributed by atoms with Crippen LogP contribution in [0.25, 0.3) is 0 Å². The molecule has 1 aliphatic rings. The Bertz CT molecular complexity index is 356. The molecule has 0 spiro atoms. The zero-order valence-electron chi connectivity index (χ0n) is 10.2. The van der Waals surface area contributed by atoms with Gasteiger partial charge >= 0.3 is 0 Å². The van der Waals surface area contributed by atoms with Crippen molar-refractivity contribution in [2.45, 2.75) is 39.0 Å². The molecule has 0 N–H and O–H groups in total. The van der Waals surface area contributed by atoms with E-state index in [2.05, 4.69) is 52.9 Å². The van der Waals surface area contributed by atoms with Gasteiger partial charge in [0.1, 0.15) is 0 Å². The molecule has 0 aromatic heterocycles. The molecule has 0 amide bonds. The largest absolute Gasteiger partial charge is 0.371 e. The second-order valence-corrected chi connectivity index (χ2v) is 5.62. The molecule has 0 saturated carbocycles. The van der Waals surface area contributed by atoms with Crippen LogP contribution in [0.2, 0.25) is 0 Å². The second-order valence-electron chi connectivity index (χ2n) is 4.71. The van der Waals surface area contributed by atoms with Crippen molar-refractivity contribution in [2.75, 3.05) is 18.0 Å². The first-order valence-corrected chi connectivity index (χ1v) is 7.06. The SMILES string of the molecule is CCC(C)c1cc(Br)ccc1N1CCCC1. The maximum Gasteiger partial charge on any atom is 0.0402 e. The third kappa shape index (κ3) is 2.42. The van der Waals surface area contributed by atoms with Gasteiger partial charge in [0.2, 0.25) is 0 Å². The lowest BCUT2D eigenvalue weighted by atomic mass is 9.96. The number of nitrogens with zero attached hydrogens (tertiary/aromatic N) is 1. The number of halogens is 1. The average Bonchev–Trinajstić information content (AvgIpc) is 2.81. The van der Waals surface area contributed by atoms with E-state index in [1.165, 1.54) is 48.1 Å². The quantitative estimate of drug-likeness (QED) is 0.785. The highest BCUT2D eigenvalue weighted by Crippen LogP contribution is 2.33. The molecule has 1 saturated heterocycles. The Morgan fingerprint density at radius 1 is 1.31 bits per heavy atom. The van der Waals surface area contributed by atoms with Gasteiger partial charge in [-0.15, -0.1) is 0 Å². The second kappa shape index (κ2) is 5.22. The van der Waals surface area contributed by atoms with Crippen LogP contribution in [0.5, 0.6) is 0 Å². The van der Waals surface area contributed by atoms with Gasteiger partial charge in [-0.1, -0.05) is 29.8 Å². The Labute approximate surface area is 107 Å². The van der Waals surface area contributed by atoms with Crippen LogP contribution in [0.1, 0.15) is 44.6 Å². The fourth-order valence-corrected chi connectivity index (χ4v) is 2.76. The predicted molar refractivity (Wildman–Crippen MR) is 74.3 cm³/mol. The lowest BCUT2D eigenvalue weighted by Gasteiger charge is -2.24. The van der Waals surface area contributed by atoms with E-state index in [9.17, 15) is 0 Å². The lowest BCUT2D eigenvalue weighted by molar-refractivity contribution is 0.728. The number of benzene rings is 1. The molecule has 2 heteroatoms. The van der Waals surface area contributed by atoms with Crippen LogP contribution in [0, 0.1) is 0 Å². The zero-order chi connectivity index (χ0) is 11.5. The zero-order valence-corrected chi connectivity index (χ0v) is 11.8. The summed E-state index contributed by atoms with van der Waals surface area (Å²) in [5.74, 6) is 0.646. The molecule has 1 atom stereocenters. The minimum absolute atomic E-state index is 0.646. The minimum atomic E-state index is 0.646. The van der Waals surface area contributed by atoms with Gasteiger partial charge in [0.25, 0.3) is 0 Å². The highest BCUT2D eigenvalue weighted by atomic mass is 79.9. The van der Waals surface area contributed by atoms with Crippen molar-refractivity contribution < 1.29 is 0 Å². The monoisotopic (exact) mass is 281 g/mol. The van der Waals surface area contributed by atoms with Crippen molar-refractivity contribution in [3.8, 4) is 0 Å². The number of anilines is 1. The number of rotatable bonds is 3. The number of hydrogen-bond donors (Lipinski definition) is 0. The first kappa shape index (κ1) is 12.0. The summed E-state index contributed by atoms with van der Waals surface area (Å²) in [6, 6.07) is 6.73. The highest BCUT2D eigenvalue weighted by Gasteiger charge is 2.18. The van der Waals surface area contributed by atoms with Gasteiger partial charge in [-0.3, -0.25) is 0 Å². The first-order chi connectivity index (χ1) is 7.72. The van der Waals surface area contributed by atoms with Crippen molar-refractivity contribution in [1.82, 2.24) is 0 Å². The molecule has 0 radical (unpaired) electrons. The fourth-order valence-electron chi connectivity index (χ4n) is 2.39. The van der Waals surface area contributed by atoms with Gasteiger partial charge in [-0.2, -0.15) is 0 Å². The van der Waals surface area contributed by atoms with Crippen LogP contribution in [-0.4, -0.2) is 13.1 Å². The number of hydrogen-bond acceptors (Lipinski definition) is 1. The molecule has 1 heterocycles. The summed E-state index contributed by atoms with van der Waals surface area (Å²) in [5.41, 5.74) is 2.95. The molecule has 1 nitrogen and oxygen atoms in total. The fraction of sp³-hybridized carbons (Fsp3) is 0.571. The smallest absolute Gasteiger partial charge is 0.0402 e. The van der Waals surface area contributed by atoms with Gasteiger partial charge in [0.15, 0.2) is 0 Å². The third-order valence-electron chi connectivity index (χ3n) is 3.58. The Balaban J connectivity index is 2.34. The lowest BCUT2D eigenvalue weighted by Crippen LogP contribution is -2.19. The molecule has 0 aliphatic carbocycles. The Kier molecular flexibility index (Phi) is 3.91. The summed E-state index contributed by atoms with van der Waals surface area (Å²) >= 11 is 3.58. The molecule has 1 aromatic rings. The van der Waals surface area contributed by atoms with Crippen LogP contribution in [0.3, 0.4) is 0 Å². The summed E-state index contributed by atoms with van der Waals surface area (Å²) in [7, 11) is 0. The van der Waals surface area contributed by atoms with E-state index in [0.717, 1.165) is 0 Å². The van der Waals surface area contributed by atoms with Gasteiger partial charge in [-0.25, -0.2) is 0 Å². The maximum absolute atomic E-state index is 3.58. The van der Waals surface area contributed by atoms with Crippen LogP contribution < -0.4 is 4.90 Å². The molecular formula is C14H20BrN. The molecule has 1 fully saturated rings. The van der Waals surface area contributed by atoms with E-state index in [0.29, 0.717) is 5.92 Å². The molecule has 2 rings (SSSR count). The Morgan fingerprint density at radius 3 is 2.62 bits per heavy atom. The molecule has 0 bridgehead atoms. The standard InChI is InChI=1S/C14H20BrN/c1-3-11(2)13-10-12(15)6-7-14(13)16-8-4-5-9-16/h6-7,10-11H,3-5,8-9H2,1-2H3. The summed E-state index contributed by atoms with van der Waals surface area (Å²) < 4.78 is 1.20. The molecular weight excluding hydrogens is 262 g/mol. The highest BCUT2D eigenvalue weighted by molar-refractivity contribution is 9.10. The van der Waals surface area contributed by atoms with Crippen molar-refractivity contribution in [3.63, 3.8) is 0 Å². The Morgan fingerprint density at radius 2 is 2.00 bits per heavy atom. The summed E-state index contributed by atoms with van der Waals surface area (Å²) in [6.07, 6.45) is 3.89. The van der Waals surface area contributed by atoms with E-state index in [-0.39, 0.29) is 0 Å². The van der Waals surface area contributed by atoms with Crippen molar-refractivity contribution in [3.05, 3.63) is 28.2 Å². The average molecular weight is 282 g/mol. The summed E-state index contributed by atoms with van der Waals surface area (Å²) in [5, 5.41) is 0. The molecule has 88 valence electrons. The van der Waals surface area contributed by atoms with E-state index in [1.54, 1.807) is 0 Å². The van der Waals surface area contributed by atoms with E-state index in [4.69, 9.17) is 0 Å². The van der Waals surface area contributed by atoms with Gasteiger partial charge in [-0.05, 0) is 48.9 Å². The molecule has 1 aromatic carbocycles. The minimum Gasteiger partial charge on any atom is -0.371 e. The summed E-state index contributed by atoms with van der Waals surface area (Å²) in [4.78, 5) is 2.54. The van der Waals surface area contributed by atoms with Crippen LogP contribution >= 0.6 is 15.9 Å². The third-order valence-corrected chi connectivity index (χ3v) is 4.07. The molecule has 1 unspecified atom stereocenters.